The third-order valence-corrected chi connectivity index (χ3v) is 5.57. The number of nitrogens with two attached hydrogens (primary N) is 1. The van der Waals surface area contributed by atoms with Crippen molar-refractivity contribution < 1.29 is 19.6 Å². The molecule has 4 N–H and O–H groups in total. The molecule has 0 spiro atoms. The van der Waals surface area contributed by atoms with E-state index < -0.39 is 11.7 Å². The van der Waals surface area contributed by atoms with Crippen molar-refractivity contribution in [1.82, 2.24) is 19.5 Å². The number of rotatable bonds is 3. The number of aliphatic hydroxyl groups excluding tert-OH is 1. The molecule has 3 atom stereocenters. The van der Waals surface area contributed by atoms with Crippen LogP contribution in [-0.4, -0.2) is 68.8 Å². The predicted octanol–water partition coefficient (Wildman–Crippen LogP) is 0.642. The van der Waals surface area contributed by atoms with E-state index in [2.05, 4.69) is 10.2 Å². The van der Waals surface area contributed by atoms with Gasteiger partial charge >= 0.3 is 6.09 Å². The van der Waals surface area contributed by atoms with Gasteiger partial charge < -0.3 is 20.5 Å². The zero-order valence-electron chi connectivity index (χ0n) is 18.4. The second kappa shape index (κ2) is 7.93. The first-order valence-corrected chi connectivity index (χ1v) is 10.5. The molecule has 0 saturated carbocycles. The average molecular weight is 429 g/mol. The summed E-state index contributed by atoms with van der Waals surface area (Å²) in [6, 6.07) is 1.55. The number of carbonyl (C=O) groups is 1. The Kier molecular flexibility index (Phi) is 5.44. The van der Waals surface area contributed by atoms with Crippen LogP contribution < -0.4 is 10.7 Å². The number of aliphatic hydroxyl groups is 1. The lowest BCUT2D eigenvalue weighted by atomic mass is 9.90. The monoisotopic (exact) mass is 428 g/mol. The number of hydrogen-bond donors (Lipinski definition) is 3. The van der Waals surface area contributed by atoms with E-state index in [-0.39, 0.29) is 18.6 Å². The Hall–Kier alpha value is -2.98. The van der Waals surface area contributed by atoms with Crippen LogP contribution >= 0.6 is 0 Å². The van der Waals surface area contributed by atoms with E-state index in [9.17, 15) is 9.90 Å². The molecule has 0 aliphatic carbocycles. The van der Waals surface area contributed by atoms with E-state index in [0.717, 1.165) is 28.3 Å². The number of allylic oxidation sites excluding steroid dienone is 1. The third-order valence-electron chi connectivity index (χ3n) is 5.57. The van der Waals surface area contributed by atoms with Crippen molar-refractivity contribution in [2.24, 2.45) is 5.10 Å². The van der Waals surface area contributed by atoms with Crippen LogP contribution in [0.5, 0.6) is 0 Å². The van der Waals surface area contributed by atoms with Gasteiger partial charge in [0.2, 0.25) is 0 Å². The lowest BCUT2D eigenvalue weighted by molar-refractivity contribution is -0.828. The summed E-state index contributed by atoms with van der Waals surface area (Å²) in [6.45, 7) is 5.80. The summed E-state index contributed by atoms with van der Waals surface area (Å²) in [6.07, 6.45) is 6.55. The predicted molar refractivity (Wildman–Crippen MR) is 117 cm³/mol. The van der Waals surface area contributed by atoms with Crippen molar-refractivity contribution in [3.8, 4) is 0 Å². The van der Waals surface area contributed by atoms with Crippen LogP contribution in [0.1, 0.15) is 50.8 Å². The summed E-state index contributed by atoms with van der Waals surface area (Å²) >= 11 is 0. The molecule has 3 unspecified atom stereocenters. The number of ether oxygens (including phenoxy) is 1. The van der Waals surface area contributed by atoms with Crippen LogP contribution in [0.25, 0.3) is 11.2 Å². The molecule has 31 heavy (non-hydrogen) atoms. The second-order valence-electron chi connectivity index (χ2n) is 9.14. The molecule has 0 radical (unpaired) electrons. The van der Waals surface area contributed by atoms with Gasteiger partial charge in [0.1, 0.15) is 17.6 Å². The molecular weight excluding hydrogens is 398 g/mol. The van der Waals surface area contributed by atoms with Crippen molar-refractivity contribution in [3.63, 3.8) is 0 Å². The van der Waals surface area contributed by atoms with Gasteiger partial charge in [0.05, 0.1) is 48.9 Å². The molecule has 1 amide bonds. The van der Waals surface area contributed by atoms with E-state index in [1.54, 1.807) is 21.8 Å². The number of quaternary nitrogens is 1. The maximum atomic E-state index is 12.8. The topological polar surface area (TPSA) is 123 Å². The van der Waals surface area contributed by atoms with Gasteiger partial charge in [-0.15, -0.1) is 0 Å². The summed E-state index contributed by atoms with van der Waals surface area (Å²) < 4.78 is 7.18. The van der Waals surface area contributed by atoms with Crippen LogP contribution in [-0.2, 0) is 4.74 Å². The number of anilines is 1. The smallest absolute Gasteiger partial charge is 0.410 e. The minimum absolute atomic E-state index is 0.0232. The Labute approximate surface area is 181 Å². The Morgan fingerprint density at radius 1 is 1.39 bits per heavy atom. The molecule has 2 aliphatic rings. The molecule has 0 bridgehead atoms. The summed E-state index contributed by atoms with van der Waals surface area (Å²) in [5, 5.41) is 19.4. The highest BCUT2D eigenvalue weighted by atomic mass is 16.6. The van der Waals surface area contributed by atoms with Gasteiger partial charge in [-0.1, -0.05) is 5.10 Å². The fraction of sp³-hybridized carbons (Fsp3) is 0.524. The van der Waals surface area contributed by atoms with Crippen molar-refractivity contribution in [1.29, 1.82) is 0 Å². The molecule has 0 aromatic carbocycles. The minimum Gasteiger partial charge on any atom is -0.444 e. The standard InChI is InChI=1S/C21H29N7O3/c1-21(2,3)31-20(30)27-11-13(5-6-15(27)12-29)17-7-18(22)28-19(25-17)16(9-24-28)14-8-23-26(4)10-14/h7-10,13,15,29H,5-6,11-12,22H2,1-4H3/p+1. The van der Waals surface area contributed by atoms with E-state index in [1.807, 2.05) is 40.1 Å². The van der Waals surface area contributed by atoms with Crippen molar-refractivity contribution >= 4 is 29.3 Å². The van der Waals surface area contributed by atoms with Gasteiger partial charge in [-0.05, 0) is 33.6 Å². The molecule has 4 heterocycles. The molecule has 4 rings (SSSR count). The summed E-state index contributed by atoms with van der Waals surface area (Å²) in [7, 11) is 1.94. The number of hydrogen-bond acceptors (Lipinski definition) is 7. The summed E-state index contributed by atoms with van der Waals surface area (Å²) in [5.74, 6) is 0.459. The second-order valence-corrected chi connectivity index (χ2v) is 9.14. The number of carbonyl (C=O) groups excluding carboxylic acids is 1. The SMILES string of the molecule is C[NH+]1C=C(c2cnn3c(N)cc(C4CCC(CO)N(C(=O)OC(C)(C)C)C4)nc23)C=N1. The van der Waals surface area contributed by atoms with Crippen LogP contribution in [0.15, 0.2) is 23.6 Å². The van der Waals surface area contributed by atoms with Crippen LogP contribution in [0, 0.1) is 0 Å². The molecule has 166 valence electrons. The molecule has 2 aliphatic heterocycles. The molecule has 10 heteroatoms. The number of amides is 1. The lowest BCUT2D eigenvalue weighted by Crippen LogP contribution is -2.97. The summed E-state index contributed by atoms with van der Waals surface area (Å²) in [5.41, 5.74) is 8.95. The number of nitrogens with zero attached hydrogens (tertiary/aromatic N) is 5. The lowest BCUT2D eigenvalue weighted by Gasteiger charge is -2.39. The zero-order valence-corrected chi connectivity index (χ0v) is 18.4. The van der Waals surface area contributed by atoms with E-state index in [0.29, 0.717) is 24.4 Å². The third kappa shape index (κ3) is 4.26. The van der Waals surface area contributed by atoms with Gasteiger partial charge in [0.15, 0.2) is 5.65 Å². The number of fused-ring (bicyclic) bond motifs is 1. The first kappa shape index (κ1) is 21.3. The average Bonchev–Trinajstić information content (AvgIpc) is 3.32. The van der Waals surface area contributed by atoms with Crippen molar-refractivity contribution in [3.05, 3.63) is 29.7 Å². The maximum Gasteiger partial charge on any atom is 0.410 e. The number of piperidine rings is 1. The zero-order chi connectivity index (χ0) is 22.3. The molecule has 10 nitrogen and oxygen atoms in total. The van der Waals surface area contributed by atoms with Gasteiger partial charge in [0.25, 0.3) is 0 Å². The molecule has 1 saturated heterocycles. The molecule has 2 aromatic heterocycles. The van der Waals surface area contributed by atoms with Crippen LogP contribution in [0.3, 0.4) is 0 Å². The van der Waals surface area contributed by atoms with Gasteiger partial charge in [-0.3, -0.25) is 0 Å². The highest BCUT2D eigenvalue weighted by Gasteiger charge is 2.35. The Morgan fingerprint density at radius 3 is 2.81 bits per heavy atom. The molecule has 2 aromatic rings. The number of likely N-dealkylation sites (tertiary alicyclic amines) is 1. The van der Waals surface area contributed by atoms with Gasteiger partial charge in [0, 0.05) is 18.5 Å². The van der Waals surface area contributed by atoms with Crippen molar-refractivity contribution in [2.45, 2.75) is 51.2 Å². The maximum absolute atomic E-state index is 12.8. The highest BCUT2D eigenvalue weighted by Crippen LogP contribution is 2.32. The number of aromatic nitrogens is 3. The fourth-order valence-electron chi connectivity index (χ4n) is 4.04. The minimum atomic E-state index is -0.607. The van der Waals surface area contributed by atoms with Crippen molar-refractivity contribution in [2.75, 3.05) is 25.9 Å². The normalized spacial score (nSPS) is 24.0. The van der Waals surface area contributed by atoms with E-state index in [1.165, 1.54) is 0 Å². The fourth-order valence-corrected chi connectivity index (χ4v) is 4.04. The molecule has 1 fully saturated rings. The highest BCUT2D eigenvalue weighted by molar-refractivity contribution is 6.12. The molecular formula is C21H30N7O3+. The number of nitrogens with one attached hydrogen (secondary N) is 1. The van der Waals surface area contributed by atoms with Gasteiger partial charge in [-0.25, -0.2) is 9.78 Å². The quantitative estimate of drug-likeness (QED) is 0.659. The summed E-state index contributed by atoms with van der Waals surface area (Å²) in [4.78, 5) is 19.3. The Bertz CT molecular complexity index is 1050. The first-order chi connectivity index (χ1) is 14.7. The first-order valence-electron chi connectivity index (χ1n) is 10.5. The Morgan fingerprint density at radius 2 is 2.16 bits per heavy atom. The van der Waals surface area contributed by atoms with E-state index >= 15 is 0 Å². The van der Waals surface area contributed by atoms with Crippen LogP contribution in [0.4, 0.5) is 10.6 Å². The number of nitrogen functional groups attached to an aromatic ring is 1. The van der Waals surface area contributed by atoms with Gasteiger partial charge in [-0.2, -0.15) is 14.6 Å². The Balaban J connectivity index is 1.65. The largest absolute Gasteiger partial charge is 0.444 e. The van der Waals surface area contributed by atoms with E-state index in [4.69, 9.17) is 15.5 Å². The van der Waals surface area contributed by atoms with Crippen LogP contribution in [0.2, 0.25) is 0 Å².